The van der Waals surface area contributed by atoms with Crippen molar-refractivity contribution in [1.82, 2.24) is 15.5 Å². The second-order valence-electron chi connectivity index (χ2n) is 3.42. The summed E-state index contributed by atoms with van der Waals surface area (Å²) in [6.45, 7) is 0.302. The molecule has 0 unspecified atom stereocenters. The Bertz CT molecular complexity index is 565. The number of carbonyl (C=O) groups excluding carboxylic acids is 1. The van der Waals surface area contributed by atoms with Crippen LogP contribution < -0.4 is 5.32 Å². The minimum atomic E-state index is -1.27. The molecule has 0 radical (unpaired) electrons. The van der Waals surface area contributed by atoms with Gasteiger partial charge in [0.15, 0.2) is 5.69 Å². The van der Waals surface area contributed by atoms with Crippen LogP contribution in [0.2, 0.25) is 0 Å². The number of pyridine rings is 1. The Balaban J connectivity index is 1.97. The first-order valence-electron chi connectivity index (χ1n) is 5.04. The molecule has 0 saturated carbocycles. The van der Waals surface area contributed by atoms with Gasteiger partial charge < -0.3 is 14.9 Å². The summed E-state index contributed by atoms with van der Waals surface area (Å²) in [7, 11) is 0. The number of aromatic nitrogens is 2. The second kappa shape index (κ2) is 5.09. The lowest BCUT2D eigenvalue weighted by atomic mass is 10.2. The molecule has 0 aliphatic carbocycles. The fourth-order valence-electron chi connectivity index (χ4n) is 1.26. The molecule has 0 aliphatic heterocycles. The predicted molar refractivity (Wildman–Crippen MR) is 58.9 cm³/mol. The zero-order valence-electron chi connectivity index (χ0n) is 9.16. The van der Waals surface area contributed by atoms with Gasteiger partial charge in [-0.15, -0.1) is 0 Å². The predicted octanol–water partition coefficient (Wildman–Crippen LogP) is 0.698. The molecule has 0 aliphatic rings. The van der Waals surface area contributed by atoms with Gasteiger partial charge in [-0.2, -0.15) is 0 Å². The van der Waals surface area contributed by atoms with Crippen LogP contribution in [0.4, 0.5) is 0 Å². The Hall–Kier alpha value is -2.70. The van der Waals surface area contributed by atoms with Crippen LogP contribution in [-0.2, 0) is 6.54 Å². The number of hydrogen-bond donors (Lipinski definition) is 2. The summed E-state index contributed by atoms with van der Waals surface area (Å²) in [5.74, 6) is -2.14. The summed E-state index contributed by atoms with van der Waals surface area (Å²) in [4.78, 5) is 26.0. The molecular formula is C11H9N3O4. The lowest BCUT2D eigenvalue weighted by Crippen LogP contribution is -2.23. The molecule has 2 heterocycles. The number of amides is 1. The maximum Gasteiger partial charge on any atom is 0.374 e. The highest BCUT2D eigenvalue weighted by atomic mass is 16.5. The van der Waals surface area contributed by atoms with Crippen LogP contribution >= 0.6 is 0 Å². The van der Waals surface area contributed by atoms with E-state index in [1.54, 1.807) is 24.5 Å². The number of carboxylic acids is 1. The average Bonchev–Trinajstić information content (AvgIpc) is 2.87. The van der Waals surface area contributed by atoms with E-state index < -0.39 is 11.9 Å². The van der Waals surface area contributed by atoms with E-state index in [4.69, 9.17) is 5.11 Å². The van der Waals surface area contributed by atoms with Crippen molar-refractivity contribution in [2.75, 3.05) is 0 Å². The second-order valence-corrected chi connectivity index (χ2v) is 3.42. The van der Waals surface area contributed by atoms with Crippen LogP contribution in [0.15, 0.2) is 35.1 Å². The summed E-state index contributed by atoms with van der Waals surface area (Å²) in [5, 5.41) is 14.6. The molecule has 7 nitrogen and oxygen atoms in total. The van der Waals surface area contributed by atoms with Gasteiger partial charge in [-0.25, -0.2) is 4.79 Å². The topological polar surface area (TPSA) is 105 Å². The van der Waals surface area contributed by atoms with E-state index in [-0.39, 0.29) is 11.5 Å². The van der Waals surface area contributed by atoms with E-state index in [1.807, 2.05) is 0 Å². The molecule has 7 heteroatoms. The summed E-state index contributed by atoms with van der Waals surface area (Å²) in [6.07, 6.45) is 3.22. The SMILES string of the molecule is O=C(NCc1ccncc1)c1cc(C(=O)O)on1. The van der Waals surface area contributed by atoms with E-state index in [1.165, 1.54) is 0 Å². The van der Waals surface area contributed by atoms with Crippen molar-refractivity contribution in [2.45, 2.75) is 6.54 Å². The van der Waals surface area contributed by atoms with Crippen molar-refractivity contribution in [1.29, 1.82) is 0 Å². The Morgan fingerprint density at radius 2 is 2.06 bits per heavy atom. The van der Waals surface area contributed by atoms with Gasteiger partial charge in [0.1, 0.15) is 0 Å². The summed E-state index contributed by atoms with van der Waals surface area (Å²) in [5.41, 5.74) is 0.807. The van der Waals surface area contributed by atoms with Crippen molar-refractivity contribution >= 4 is 11.9 Å². The third-order valence-corrected chi connectivity index (χ3v) is 2.16. The van der Waals surface area contributed by atoms with Crippen LogP contribution in [0.3, 0.4) is 0 Å². The first kappa shape index (κ1) is 11.8. The maximum atomic E-state index is 11.6. The van der Waals surface area contributed by atoms with Crippen molar-refractivity contribution in [3.63, 3.8) is 0 Å². The minimum absolute atomic E-state index is 0.0681. The number of rotatable bonds is 4. The molecule has 2 aromatic rings. The number of nitrogens with zero attached hydrogens (tertiary/aromatic N) is 2. The zero-order valence-corrected chi connectivity index (χ0v) is 9.16. The third kappa shape index (κ3) is 2.70. The number of carboxylic acid groups (broad SMARTS) is 1. The Labute approximate surface area is 101 Å². The van der Waals surface area contributed by atoms with Crippen molar-refractivity contribution in [2.24, 2.45) is 0 Å². The summed E-state index contributed by atoms with van der Waals surface area (Å²) >= 11 is 0. The molecule has 1 amide bonds. The Kier molecular flexibility index (Phi) is 3.33. The number of hydrogen-bond acceptors (Lipinski definition) is 5. The van der Waals surface area contributed by atoms with Gasteiger partial charge >= 0.3 is 5.97 Å². The van der Waals surface area contributed by atoms with Crippen LogP contribution in [0.5, 0.6) is 0 Å². The quantitative estimate of drug-likeness (QED) is 0.823. The lowest BCUT2D eigenvalue weighted by Gasteiger charge is -2.01. The van der Waals surface area contributed by atoms with Crippen molar-refractivity contribution in [3.8, 4) is 0 Å². The minimum Gasteiger partial charge on any atom is -0.475 e. The highest BCUT2D eigenvalue weighted by Gasteiger charge is 2.16. The standard InChI is InChI=1S/C11H9N3O4/c15-10(8-5-9(11(16)17)18-14-8)13-6-7-1-3-12-4-2-7/h1-5H,6H2,(H,13,15)(H,16,17). The molecular weight excluding hydrogens is 238 g/mol. The summed E-state index contributed by atoms with van der Waals surface area (Å²) in [6, 6.07) is 4.59. The zero-order chi connectivity index (χ0) is 13.0. The van der Waals surface area contributed by atoms with E-state index in [2.05, 4.69) is 20.0 Å². The Morgan fingerprint density at radius 1 is 1.33 bits per heavy atom. The molecule has 0 aromatic carbocycles. The number of carbonyl (C=O) groups is 2. The lowest BCUT2D eigenvalue weighted by molar-refractivity contribution is 0.0651. The smallest absolute Gasteiger partial charge is 0.374 e. The van der Waals surface area contributed by atoms with Crippen molar-refractivity contribution < 1.29 is 19.2 Å². The molecule has 0 bridgehead atoms. The Morgan fingerprint density at radius 3 is 2.67 bits per heavy atom. The molecule has 92 valence electrons. The highest BCUT2D eigenvalue weighted by molar-refractivity contribution is 5.94. The molecule has 2 N–H and O–H groups in total. The molecule has 0 saturated heterocycles. The molecule has 0 atom stereocenters. The van der Waals surface area contributed by atoms with Gasteiger partial charge in [0.05, 0.1) is 0 Å². The van der Waals surface area contributed by atoms with Crippen molar-refractivity contribution in [3.05, 3.63) is 47.6 Å². The van der Waals surface area contributed by atoms with Crippen LogP contribution in [0.25, 0.3) is 0 Å². The van der Waals surface area contributed by atoms with Gasteiger partial charge in [-0.3, -0.25) is 9.78 Å². The fourth-order valence-corrected chi connectivity index (χ4v) is 1.26. The largest absolute Gasteiger partial charge is 0.475 e. The number of aromatic carboxylic acids is 1. The van der Waals surface area contributed by atoms with Gasteiger partial charge in [-0.1, -0.05) is 5.16 Å². The third-order valence-electron chi connectivity index (χ3n) is 2.16. The monoisotopic (exact) mass is 247 g/mol. The number of nitrogens with one attached hydrogen (secondary N) is 1. The van der Waals surface area contributed by atoms with E-state index in [0.717, 1.165) is 11.6 Å². The molecule has 0 spiro atoms. The maximum absolute atomic E-state index is 11.6. The molecule has 18 heavy (non-hydrogen) atoms. The van der Waals surface area contributed by atoms with Crippen LogP contribution in [0, 0.1) is 0 Å². The van der Waals surface area contributed by atoms with Crippen LogP contribution in [-0.4, -0.2) is 27.1 Å². The normalized spacial score (nSPS) is 10.0. The van der Waals surface area contributed by atoms with Crippen LogP contribution in [0.1, 0.15) is 26.6 Å². The average molecular weight is 247 g/mol. The molecule has 0 fully saturated rings. The van der Waals surface area contributed by atoms with E-state index in [0.29, 0.717) is 6.54 Å². The van der Waals surface area contributed by atoms with E-state index >= 15 is 0 Å². The first-order valence-corrected chi connectivity index (χ1v) is 5.04. The van der Waals surface area contributed by atoms with Gasteiger partial charge in [-0.05, 0) is 17.7 Å². The fraction of sp³-hybridized carbons (Fsp3) is 0.0909. The highest BCUT2D eigenvalue weighted by Crippen LogP contribution is 2.04. The van der Waals surface area contributed by atoms with Gasteiger partial charge in [0, 0.05) is 25.0 Å². The van der Waals surface area contributed by atoms with Gasteiger partial charge in [0.25, 0.3) is 5.91 Å². The van der Waals surface area contributed by atoms with E-state index in [9.17, 15) is 9.59 Å². The van der Waals surface area contributed by atoms with Gasteiger partial charge in [0.2, 0.25) is 5.76 Å². The molecule has 2 aromatic heterocycles. The first-order chi connectivity index (χ1) is 8.66. The molecule has 2 rings (SSSR count). The summed E-state index contributed by atoms with van der Waals surface area (Å²) < 4.78 is 4.48.